The van der Waals surface area contributed by atoms with Gasteiger partial charge in [0.2, 0.25) is 0 Å². The van der Waals surface area contributed by atoms with Crippen LogP contribution in [0.25, 0.3) is 27.6 Å². The third-order valence-electron chi connectivity index (χ3n) is 3.69. The molecule has 0 atom stereocenters. The molecule has 0 radical (unpaired) electrons. The molecule has 0 fully saturated rings. The zero-order valence-corrected chi connectivity index (χ0v) is 11.2. The van der Waals surface area contributed by atoms with E-state index in [1.807, 2.05) is 24.3 Å². The number of para-hydroxylation sites is 1. The van der Waals surface area contributed by atoms with Crippen molar-refractivity contribution >= 4 is 27.8 Å². The summed E-state index contributed by atoms with van der Waals surface area (Å²) >= 11 is 0. The molecular weight excluding hydrogens is 285 g/mol. The SMILES string of the molecule is O=C(O)c1cc2c(ccn2-c2n[nH]c3ccccc23)cc1F. The molecule has 0 bridgehead atoms. The summed E-state index contributed by atoms with van der Waals surface area (Å²) in [6, 6.07) is 11.9. The molecule has 0 aliphatic heterocycles. The molecule has 0 unspecified atom stereocenters. The first-order valence-electron chi connectivity index (χ1n) is 6.62. The van der Waals surface area contributed by atoms with E-state index < -0.39 is 11.8 Å². The van der Waals surface area contributed by atoms with Crippen molar-refractivity contribution in [1.82, 2.24) is 14.8 Å². The molecule has 2 aromatic heterocycles. The molecule has 0 amide bonds. The van der Waals surface area contributed by atoms with E-state index in [0.717, 1.165) is 10.9 Å². The number of carboxylic acids is 1. The summed E-state index contributed by atoms with van der Waals surface area (Å²) < 4.78 is 15.5. The van der Waals surface area contributed by atoms with Crippen LogP contribution in [0.2, 0.25) is 0 Å². The molecule has 0 aliphatic carbocycles. The molecule has 108 valence electrons. The van der Waals surface area contributed by atoms with Gasteiger partial charge in [0.15, 0.2) is 5.82 Å². The van der Waals surface area contributed by atoms with E-state index in [1.54, 1.807) is 16.8 Å². The molecule has 4 aromatic rings. The Labute approximate surface area is 123 Å². The predicted octanol–water partition coefficient (Wildman–Crippen LogP) is 3.34. The van der Waals surface area contributed by atoms with Crippen LogP contribution in [0.15, 0.2) is 48.7 Å². The van der Waals surface area contributed by atoms with Crippen molar-refractivity contribution in [2.75, 3.05) is 0 Å². The Bertz CT molecular complexity index is 1030. The van der Waals surface area contributed by atoms with Gasteiger partial charge in [0.05, 0.1) is 16.6 Å². The number of rotatable bonds is 2. The van der Waals surface area contributed by atoms with Crippen molar-refractivity contribution in [1.29, 1.82) is 0 Å². The Kier molecular flexibility index (Phi) is 2.53. The lowest BCUT2D eigenvalue weighted by Crippen LogP contribution is -2.01. The minimum atomic E-state index is -1.29. The Hall–Kier alpha value is -3.15. The van der Waals surface area contributed by atoms with Crippen LogP contribution in [-0.4, -0.2) is 25.8 Å². The van der Waals surface area contributed by atoms with Gasteiger partial charge in [0.1, 0.15) is 5.82 Å². The quantitative estimate of drug-likeness (QED) is 0.596. The third kappa shape index (κ3) is 1.70. The van der Waals surface area contributed by atoms with Crippen LogP contribution in [0.5, 0.6) is 0 Å². The second kappa shape index (κ2) is 4.42. The highest BCUT2D eigenvalue weighted by molar-refractivity contribution is 5.95. The standard InChI is InChI=1S/C16H10FN3O2/c17-12-7-9-5-6-20(14(9)8-11(12)16(21)22)15-10-3-1-2-4-13(10)18-19-15/h1-8H,(H,18,19)(H,21,22). The number of carbonyl (C=O) groups is 1. The zero-order valence-electron chi connectivity index (χ0n) is 11.2. The van der Waals surface area contributed by atoms with Gasteiger partial charge in [-0.05, 0) is 30.3 Å². The van der Waals surface area contributed by atoms with Crippen molar-refractivity contribution < 1.29 is 14.3 Å². The molecule has 0 spiro atoms. The van der Waals surface area contributed by atoms with E-state index >= 15 is 0 Å². The van der Waals surface area contributed by atoms with E-state index in [0.29, 0.717) is 16.7 Å². The first-order valence-corrected chi connectivity index (χ1v) is 6.62. The number of benzene rings is 2. The van der Waals surface area contributed by atoms with Crippen LogP contribution in [-0.2, 0) is 0 Å². The number of carboxylic acid groups (broad SMARTS) is 1. The van der Waals surface area contributed by atoms with Gasteiger partial charge in [-0.1, -0.05) is 12.1 Å². The van der Waals surface area contributed by atoms with E-state index in [9.17, 15) is 9.18 Å². The van der Waals surface area contributed by atoms with Crippen molar-refractivity contribution in [3.63, 3.8) is 0 Å². The molecule has 2 aromatic carbocycles. The van der Waals surface area contributed by atoms with Gasteiger partial charge in [-0.3, -0.25) is 9.67 Å². The average molecular weight is 295 g/mol. The summed E-state index contributed by atoms with van der Waals surface area (Å²) in [7, 11) is 0. The lowest BCUT2D eigenvalue weighted by molar-refractivity contribution is 0.0692. The van der Waals surface area contributed by atoms with Crippen molar-refractivity contribution in [3.05, 3.63) is 60.0 Å². The topological polar surface area (TPSA) is 70.9 Å². The fraction of sp³-hybridized carbons (Fsp3) is 0. The molecule has 0 saturated heterocycles. The van der Waals surface area contributed by atoms with E-state index in [2.05, 4.69) is 10.2 Å². The van der Waals surface area contributed by atoms with Gasteiger partial charge in [-0.15, -0.1) is 0 Å². The Morgan fingerprint density at radius 3 is 2.86 bits per heavy atom. The average Bonchev–Trinajstić information content (AvgIpc) is 3.09. The maximum absolute atomic E-state index is 13.8. The Morgan fingerprint density at radius 1 is 1.23 bits per heavy atom. The number of aromatic carboxylic acids is 1. The van der Waals surface area contributed by atoms with Gasteiger partial charge in [-0.2, -0.15) is 5.10 Å². The van der Waals surface area contributed by atoms with E-state index in [4.69, 9.17) is 5.11 Å². The Balaban J connectivity index is 2.03. The van der Waals surface area contributed by atoms with Crippen molar-refractivity contribution in [2.45, 2.75) is 0 Å². The number of nitrogens with one attached hydrogen (secondary N) is 1. The molecule has 6 heteroatoms. The second-order valence-electron chi connectivity index (χ2n) is 4.97. The number of hydrogen-bond donors (Lipinski definition) is 2. The number of hydrogen-bond acceptors (Lipinski definition) is 2. The van der Waals surface area contributed by atoms with Crippen LogP contribution in [0, 0.1) is 5.82 Å². The maximum Gasteiger partial charge on any atom is 0.338 e. The minimum absolute atomic E-state index is 0.354. The minimum Gasteiger partial charge on any atom is -0.478 e. The molecule has 0 saturated carbocycles. The smallest absolute Gasteiger partial charge is 0.338 e. The lowest BCUT2D eigenvalue weighted by Gasteiger charge is -2.04. The van der Waals surface area contributed by atoms with Crippen molar-refractivity contribution in [2.24, 2.45) is 0 Å². The van der Waals surface area contributed by atoms with E-state index in [-0.39, 0.29) is 5.56 Å². The lowest BCUT2D eigenvalue weighted by atomic mass is 10.1. The number of halogens is 1. The number of nitrogens with zero attached hydrogens (tertiary/aromatic N) is 2. The summed E-state index contributed by atoms with van der Waals surface area (Å²) in [5.74, 6) is -1.39. The molecular formula is C16H10FN3O2. The first kappa shape index (κ1) is 12.6. The summed E-state index contributed by atoms with van der Waals surface area (Å²) in [5, 5.41) is 17.8. The fourth-order valence-corrected chi connectivity index (χ4v) is 2.64. The zero-order chi connectivity index (χ0) is 15.3. The van der Waals surface area contributed by atoms with Crippen molar-refractivity contribution in [3.8, 4) is 5.82 Å². The normalized spacial score (nSPS) is 11.3. The maximum atomic E-state index is 13.8. The summed E-state index contributed by atoms with van der Waals surface area (Å²) in [4.78, 5) is 11.1. The highest BCUT2D eigenvalue weighted by atomic mass is 19.1. The molecule has 0 aliphatic rings. The second-order valence-corrected chi connectivity index (χ2v) is 4.97. The number of aromatic amines is 1. The van der Waals surface area contributed by atoms with Gasteiger partial charge in [0, 0.05) is 17.0 Å². The predicted molar refractivity (Wildman–Crippen MR) is 79.8 cm³/mol. The Morgan fingerprint density at radius 2 is 2.05 bits per heavy atom. The summed E-state index contributed by atoms with van der Waals surface area (Å²) in [6.07, 6.45) is 1.75. The van der Waals surface area contributed by atoms with Crippen LogP contribution in [0.4, 0.5) is 4.39 Å². The van der Waals surface area contributed by atoms with Gasteiger partial charge >= 0.3 is 5.97 Å². The number of H-pyrrole nitrogens is 1. The summed E-state index contributed by atoms with van der Waals surface area (Å²) in [6.45, 7) is 0. The van der Waals surface area contributed by atoms with E-state index in [1.165, 1.54) is 12.1 Å². The van der Waals surface area contributed by atoms with Gasteiger partial charge in [-0.25, -0.2) is 9.18 Å². The van der Waals surface area contributed by atoms with Crippen LogP contribution >= 0.6 is 0 Å². The monoisotopic (exact) mass is 295 g/mol. The molecule has 4 rings (SSSR count). The number of aromatic nitrogens is 3. The van der Waals surface area contributed by atoms with Crippen LogP contribution in [0.3, 0.4) is 0 Å². The van der Waals surface area contributed by atoms with Gasteiger partial charge < -0.3 is 5.11 Å². The molecule has 2 heterocycles. The molecule has 22 heavy (non-hydrogen) atoms. The highest BCUT2D eigenvalue weighted by Crippen LogP contribution is 2.26. The van der Waals surface area contributed by atoms with Gasteiger partial charge in [0.25, 0.3) is 0 Å². The molecule has 2 N–H and O–H groups in total. The number of fused-ring (bicyclic) bond motifs is 2. The summed E-state index contributed by atoms with van der Waals surface area (Å²) in [5.41, 5.74) is 1.11. The first-order chi connectivity index (χ1) is 10.6. The van der Waals surface area contributed by atoms with Crippen LogP contribution < -0.4 is 0 Å². The molecule has 5 nitrogen and oxygen atoms in total. The highest BCUT2D eigenvalue weighted by Gasteiger charge is 2.16. The fourth-order valence-electron chi connectivity index (χ4n) is 2.64. The largest absolute Gasteiger partial charge is 0.478 e. The third-order valence-corrected chi connectivity index (χ3v) is 3.69. The van der Waals surface area contributed by atoms with Crippen LogP contribution in [0.1, 0.15) is 10.4 Å².